The lowest BCUT2D eigenvalue weighted by molar-refractivity contribution is -0.136. The number of carbonyl (C=O) groups is 2. The van der Waals surface area contributed by atoms with Crippen LogP contribution in [-0.2, 0) is 16.0 Å². The largest absolute Gasteiger partial charge is 0.347 e. The summed E-state index contributed by atoms with van der Waals surface area (Å²) in [6.07, 6.45) is 3.33. The van der Waals surface area contributed by atoms with Crippen LogP contribution in [0, 0.1) is 0 Å². The predicted molar refractivity (Wildman–Crippen MR) is 75.7 cm³/mol. The number of aryl methyl sites for hydroxylation is 1. The molecule has 0 aliphatic heterocycles. The van der Waals surface area contributed by atoms with Gasteiger partial charge >= 0.3 is 11.8 Å². The van der Waals surface area contributed by atoms with Gasteiger partial charge in [-0.15, -0.1) is 0 Å². The van der Waals surface area contributed by atoms with Crippen molar-refractivity contribution < 1.29 is 9.59 Å². The van der Waals surface area contributed by atoms with Crippen LogP contribution in [0.3, 0.4) is 0 Å². The molecule has 4 N–H and O–H groups in total. The van der Waals surface area contributed by atoms with E-state index in [9.17, 15) is 9.59 Å². The SMILES string of the molecule is CCCCc1ccc(NC(=O)C(=O)NCCN)cc1. The molecule has 19 heavy (non-hydrogen) atoms. The second kappa shape index (κ2) is 8.26. The van der Waals surface area contributed by atoms with E-state index in [0.29, 0.717) is 18.8 Å². The van der Waals surface area contributed by atoms with Crippen LogP contribution in [0.4, 0.5) is 5.69 Å². The van der Waals surface area contributed by atoms with Gasteiger partial charge in [0.15, 0.2) is 0 Å². The highest BCUT2D eigenvalue weighted by Gasteiger charge is 2.12. The van der Waals surface area contributed by atoms with Gasteiger partial charge in [0, 0.05) is 18.8 Å². The van der Waals surface area contributed by atoms with Crippen molar-refractivity contribution in [3.8, 4) is 0 Å². The molecular weight excluding hydrogens is 242 g/mol. The number of hydrogen-bond acceptors (Lipinski definition) is 3. The Balaban J connectivity index is 2.48. The highest BCUT2D eigenvalue weighted by atomic mass is 16.2. The summed E-state index contributed by atoms with van der Waals surface area (Å²) >= 11 is 0. The number of unbranched alkanes of at least 4 members (excludes halogenated alkanes) is 1. The zero-order valence-electron chi connectivity index (χ0n) is 11.2. The normalized spacial score (nSPS) is 10.0. The van der Waals surface area contributed by atoms with Gasteiger partial charge in [0.25, 0.3) is 0 Å². The summed E-state index contributed by atoms with van der Waals surface area (Å²) in [6.45, 7) is 2.75. The van der Waals surface area contributed by atoms with Gasteiger partial charge in [0.05, 0.1) is 0 Å². The van der Waals surface area contributed by atoms with Crippen molar-refractivity contribution in [3.63, 3.8) is 0 Å². The fourth-order valence-corrected chi connectivity index (χ4v) is 1.59. The van der Waals surface area contributed by atoms with Gasteiger partial charge in [0.1, 0.15) is 0 Å². The summed E-state index contributed by atoms with van der Waals surface area (Å²) in [5.74, 6) is -1.34. The van der Waals surface area contributed by atoms with Gasteiger partial charge in [-0.05, 0) is 30.5 Å². The van der Waals surface area contributed by atoms with Gasteiger partial charge in [-0.3, -0.25) is 9.59 Å². The molecule has 0 bridgehead atoms. The van der Waals surface area contributed by atoms with Gasteiger partial charge < -0.3 is 16.4 Å². The van der Waals surface area contributed by atoms with Crippen LogP contribution < -0.4 is 16.4 Å². The number of amides is 2. The lowest BCUT2D eigenvalue weighted by Gasteiger charge is -2.06. The minimum absolute atomic E-state index is 0.294. The third-order valence-corrected chi connectivity index (χ3v) is 2.67. The number of nitrogens with two attached hydrogens (primary N) is 1. The molecule has 0 radical (unpaired) electrons. The first-order valence-electron chi connectivity index (χ1n) is 6.55. The molecule has 0 fully saturated rings. The van der Waals surface area contributed by atoms with Gasteiger partial charge in [0.2, 0.25) is 0 Å². The summed E-state index contributed by atoms with van der Waals surface area (Å²) < 4.78 is 0. The van der Waals surface area contributed by atoms with Crippen LogP contribution >= 0.6 is 0 Å². The van der Waals surface area contributed by atoms with Crippen molar-refractivity contribution in [2.24, 2.45) is 5.73 Å². The van der Waals surface area contributed by atoms with Crippen LogP contribution in [0.25, 0.3) is 0 Å². The number of carbonyl (C=O) groups excluding carboxylic acids is 2. The van der Waals surface area contributed by atoms with Crippen LogP contribution in [0.5, 0.6) is 0 Å². The summed E-state index contributed by atoms with van der Waals surface area (Å²) in [7, 11) is 0. The van der Waals surface area contributed by atoms with Crippen LogP contribution in [0.2, 0.25) is 0 Å². The van der Waals surface area contributed by atoms with E-state index in [0.717, 1.165) is 19.3 Å². The Morgan fingerprint density at radius 2 is 1.84 bits per heavy atom. The number of anilines is 1. The fourth-order valence-electron chi connectivity index (χ4n) is 1.59. The van der Waals surface area contributed by atoms with E-state index < -0.39 is 11.8 Å². The summed E-state index contributed by atoms with van der Waals surface area (Å²) in [5, 5.41) is 4.96. The first kappa shape index (κ1) is 15.2. The molecule has 104 valence electrons. The van der Waals surface area contributed by atoms with Crippen molar-refractivity contribution in [1.29, 1.82) is 0 Å². The van der Waals surface area contributed by atoms with Crippen LogP contribution in [-0.4, -0.2) is 24.9 Å². The number of nitrogens with one attached hydrogen (secondary N) is 2. The molecule has 0 aromatic heterocycles. The molecule has 1 aromatic carbocycles. The van der Waals surface area contributed by atoms with E-state index in [1.165, 1.54) is 5.56 Å². The van der Waals surface area contributed by atoms with E-state index in [1.807, 2.05) is 12.1 Å². The molecule has 0 spiro atoms. The maximum absolute atomic E-state index is 11.5. The quantitative estimate of drug-likeness (QED) is 0.670. The van der Waals surface area contributed by atoms with Crippen molar-refractivity contribution in [2.45, 2.75) is 26.2 Å². The Morgan fingerprint density at radius 3 is 2.42 bits per heavy atom. The van der Waals surface area contributed by atoms with E-state index in [-0.39, 0.29) is 0 Å². The Bertz CT molecular complexity index is 415. The third kappa shape index (κ3) is 5.52. The highest BCUT2D eigenvalue weighted by Crippen LogP contribution is 2.11. The molecule has 1 aromatic rings. The van der Waals surface area contributed by atoms with Gasteiger partial charge in [-0.2, -0.15) is 0 Å². The van der Waals surface area contributed by atoms with Crippen LogP contribution in [0.1, 0.15) is 25.3 Å². The monoisotopic (exact) mass is 263 g/mol. The number of benzene rings is 1. The summed E-state index contributed by atoms with van der Waals surface area (Å²) in [5.41, 5.74) is 7.09. The standard InChI is InChI=1S/C14H21N3O2/c1-2-3-4-11-5-7-12(8-6-11)17-14(19)13(18)16-10-9-15/h5-8H,2-4,9-10,15H2,1H3,(H,16,18)(H,17,19). The summed E-state index contributed by atoms with van der Waals surface area (Å²) in [6, 6.07) is 7.53. The van der Waals surface area contributed by atoms with Gasteiger partial charge in [-0.25, -0.2) is 0 Å². The molecule has 0 unspecified atom stereocenters. The Morgan fingerprint density at radius 1 is 1.16 bits per heavy atom. The zero-order valence-corrected chi connectivity index (χ0v) is 11.2. The van der Waals surface area contributed by atoms with Crippen LogP contribution in [0.15, 0.2) is 24.3 Å². The van der Waals surface area contributed by atoms with Gasteiger partial charge in [-0.1, -0.05) is 25.5 Å². The molecule has 1 rings (SSSR count). The van der Waals surface area contributed by atoms with E-state index in [1.54, 1.807) is 12.1 Å². The molecule has 0 saturated carbocycles. The lowest BCUT2D eigenvalue weighted by Crippen LogP contribution is -2.37. The van der Waals surface area contributed by atoms with Crippen molar-refractivity contribution in [3.05, 3.63) is 29.8 Å². The Labute approximate surface area is 113 Å². The Hall–Kier alpha value is -1.88. The average Bonchev–Trinajstić information content (AvgIpc) is 2.43. The third-order valence-electron chi connectivity index (χ3n) is 2.67. The van der Waals surface area contributed by atoms with E-state index >= 15 is 0 Å². The smallest absolute Gasteiger partial charge is 0.313 e. The molecule has 0 aliphatic rings. The maximum atomic E-state index is 11.5. The molecule has 0 atom stereocenters. The molecule has 5 nitrogen and oxygen atoms in total. The second-order valence-electron chi connectivity index (χ2n) is 4.30. The predicted octanol–water partition coefficient (Wildman–Crippen LogP) is 1.04. The minimum atomic E-state index is -0.672. The zero-order chi connectivity index (χ0) is 14.1. The number of rotatable bonds is 6. The molecule has 0 heterocycles. The highest BCUT2D eigenvalue weighted by molar-refractivity contribution is 6.39. The molecule has 0 saturated heterocycles. The molecule has 0 aliphatic carbocycles. The summed E-state index contributed by atoms with van der Waals surface area (Å²) in [4.78, 5) is 22.8. The first-order valence-corrected chi connectivity index (χ1v) is 6.55. The van der Waals surface area contributed by atoms with E-state index in [4.69, 9.17) is 5.73 Å². The maximum Gasteiger partial charge on any atom is 0.313 e. The Kier molecular flexibility index (Phi) is 6.60. The lowest BCUT2D eigenvalue weighted by atomic mass is 10.1. The first-order chi connectivity index (χ1) is 9.17. The van der Waals surface area contributed by atoms with E-state index in [2.05, 4.69) is 17.6 Å². The fraction of sp³-hybridized carbons (Fsp3) is 0.429. The second-order valence-corrected chi connectivity index (χ2v) is 4.30. The topological polar surface area (TPSA) is 84.2 Å². The molecular formula is C14H21N3O2. The van der Waals surface area contributed by atoms with Crippen molar-refractivity contribution in [1.82, 2.24) is 5.32 Å². The minimum Gasteiger partial charge on any atom is -0.347 e. The molecule has 5 heteroatoms. The molecule has 2 amide bonds. The van der Waals surface area contributed by atoms with Crippen molar-refractivity contribution in [2.75, 3.05) is 18.4 Å². The number of hydrogen-bond donors (Lipinski definition) is 3. The van der Waals surface area contributed by atoms with Crippen molar-refractivity contribution >= 4 is 17.5 Å². The average molecular weight is 263 g/mol.